The average molecular weight is 272 g/mol. The Hall–Kier alpha value is -2.03. The van der Waals surface area contributed by atoms with Gasteiger partial charge in [-0.2, -0.15) is 0 Å². The van der Waals surface area contributed by atoms with Gasteiger partial charge in [0, 0.05) is 6.42 Å². The first-order valence-electron chi connectivity index (χ1n) is 6.81. The number of rotatable bonds is 5. The Kier molecular flexibility index (Phi) is 4.99. The Balaban J connectivity index is 2.19. The van der Waals surface area contributed by atoms with Crippen molar-refractivity contribution in [2.24, 2.45) is 0 Å². The van der Waals surface area contributed by atoms with E-state index in [0.717, 1.165) is 29.7 Å². The molecule has 0 aliphatic heterocycles. The van der Waals surface area contributed by atoms with Crippen molar-refractivity contribution in [3.63, 3.8) is 0 Å². The molecule has 0 N–H and O–H groups in total. The van der Waals surface area contributed by atoms with Gasteiger partial charge >= 0.3 is 5.97 Å². The number of methoxy groups -OCH3 is 2. The van der Waals surface area contributed by atoms with Gasteiger partial charge in [-0.15, -0.1) is 0 Å². The summed E-state index contributed by atoms with van der Waals surface area (Å²) in [6.45, 7) is 0. The van der Waals surface area contributed by atoms with Gasteiger partial charge < -0.3 is 9.47 Å². The SMILES string of the molecule is COC(=O)C(CC1=CCCC(OC)=C1)c1ccccc1. The zero-order valence-corrected chi connectivity index (χ0v) is 12.0. The van der Waals surface area contributed by atoms with E-state index < -0.39 is 0 Å². The lowest BCUT2D eigenvalue weighted by atomic mass is 9.89. The van der Waals surface area contributed by atoms with E-state index in [2.05, 4.69) is 6.08 Å². The van der Waals surface area contributed by atoms with Crippen molar-refractivity contribution in [2.45, 2.75) is 25.2 Å². The lowest BCUT2D eigenvalue weighted by Crippen LogP contribution is -2.15. The van der Waals surface area contributed by atoms with Gasteiger partial charge in [0.1, 0.15) is 0 Å². The van der Waals surface area contributed by atoms with Gasteiger partial charge in [-0.3, -0.25) is 4.79 Å². The Morgan fingerprint density at radius 1 is 1.25 bits per heavy atom. The number of hydrogen-bond donors (Lipinski definition) is 0. The third-order valence-electron chi connectivity index (χ3n) is 3.53. The minimum absolute atomic E-state index is 0.199. The zero-order chi connectivity index (χ0) is 14.4. The second-order valence-electron chi connectivity index (χ2n) is 4.82. The summed E-state index contributed by atoms with van der Waals surface area (Å²) in [6.07, 6.45) is 6.72. The van der Waals surface area contributed by atoms with Gasteiger partial charge in [0.05, 0.1) is 25.9 Å². The molecule has 2 rings (SSSR count). The molecular weight excluding hydrogens is 252 g/mol. The van der Waals surface area contributed by atoms with Crippen LogP contribution in [0.3, 0.4) is 0 Å². The summed E-state index contributed by atoms with van der Waals surface area (Å²) in [4.78, 5) is 12.0. The number of ether oxygens (including phenoxy) is 2. The van der Waals surface area contributed by atoms with Crippen LogP contribution in [0.1, 0.15) is 30.7 Å². The fraction of sp³-hybridized carbons (Fsp3) is 0.353. The summed E-state index contributed by atoms with van der Waals surface area (Å²) in [6, 6.07) is 9.76. The van der Waals surface area contributed by atoms with Gasteiger partial charge in [-0.05, 0) is 30.1 Å². The van der Waals surface area contributed by atoms with Gasteiger partial charge in [0.15, 0.2) is 0 Å². The molecule has 1 aliphatic carbocycles. The van der Waals surface area contributed by atoms with E-state index in [1.165, 1.54) is 7.11 Å². The van der Waals surface area contributed by atoms with Crippen molar-refractivity contribution in [3.05, 3.63) is 59.4 Å². The molecule has 1 atom stereocenters. The van der Waals surface area contributed by atoms with Crippen molar-refractivity contribution >= 4 is 5.97 Å². The van der Waals surface area contributed by atoms with Crippen molar-refractivity contribution in [2.75, 3.05) is 14.2 Å². The number of carbonyl (C=O) groups excluding carboxylic acids is 1. The van der Waals surface area contributed by atoms with Crippen molar-refractivity contribution in [1.82, 2.24) is 0 Å². The van der Waals surface area contributed by atoms with Crippen LogP contribution < -0.4 is 0 Å². The average Bonchev–Trinajstić information content (AvgIpc) is 2.53. The third kappa shape index (κ3) is 3.50. The molecule has 106 valence electrons. The molecule has 0 bridgehead atoms. The second-order valence-corrected chi connectivity index (χ2v) is 4.82. The predicted octanol–water partition coefficient (Wildman–Crippen LogP) is 3.58. The second kappa shape index (κ2) is 6.94. The smallest absolute Gasteiger partial charge is 0.313 e. The summed E-state index contributed by atoms with van der Waals surface area (Å²) in [7, 11) is 3.12. The highest BCUT2D eigenvalue weighted by molar-refractivity contribution is 5.78. The van der Waals surface area contributed by atoms with Crippen LogP contribution in [0.4, 0.5) is 0 Å². The number of carbonyl (C=O) groups is 1. The minimum atomic E-state index is -0.264. The van der Waals surface area contributed by atoms with Gasteiger partial charge in [-0.1, -0.05) is 36.4 Å². The molecule has 0 radical (unpaired) electrons. The van der Waals surface area contributed by atoms with Crippen molar-refractivity contribution < 1.29 is 14.3 Å². The van der Waals surface area contributed by atoms with Crippen molar-refractivity contribution in [3.8, 4) is 0 Å². The Morgan fingerprint density at radius 3 is 2.65 bits per heavy atom. The maximum atomic E-state index is 12.0. The maximum Gasteiger partial charge on any atom is 0.313 e. The van der Waals surface area contributed by atoms with E-state index >= 15 is 0 Å². The molecule has 1 aromatic rings. The number of allylic oxidation sites excluding steroid dienone is 4. The molecule has 0 heterocycles. The molecule has 1 aromatic carbocycles. The third-order valence-corrected chi connectivity index (χ3v) is 3.53. The van der Waals surface area contributed by atoms with E-state index in [9.17, 15) is 4.79 Å². The highest BCUT2D eigenvalue weighted by Crippen LogP contribution is 2.29. The zero-order valence-electron chi connectivity index (χ0n) is 12.0. The Bertz CT molecular complexity index is 514. The topological polar surface area (TPSA) is 35.5 Å². The summed E-state index contributed by atoms with van der Waals surface area (Å²) >= 11 is 0. The van der Waals surface area contributed by atoms with Crippen LogP contribution in [0.15, 0.2) is 53.8 Å². The fourth-order valence-electron chi connectivity index (χ4n) is 2.44. The van der Waals surface area contributed by atoms with Crippen LogP contribution in [-0.4, -0.2) is 20.2 Å². The van der Waals surface area contributed by atoms with Crippen LogP contribution in [0, 0.1) is 0 Å². The summed E-state index contributed by atoms with van der Waals surface area (Å²) in [5.41, 5.74) is 2.12. The molecule has 0 aromatic heterocycles. The van der Waals surface area contributed by atoms with Gasteiger partial charge in [0.2, 0.25) is 0 Å². The first-order valence-corrected chi connectivity index (χ1v) is 6.81. The molecule has 0 saturated heterocycles. The molecule has 0 amide bonds. The van der Waals surface area contributed by atoms with Crippen LogP contribution in [0.25, 0.3) is 0 Å². The standard InChI is InChI=1S/C17H20O3/c1-19-15-10-6-7-13(11-15)12-16(17(18)20-2)14-8-4-3-5-9-14/h3-5,7-9,11,16H,6,10,12H2,1-2H3. The number of esters is 1. The molecule has 3 nitrogen and oxygen atoms in total. The molecule has 1 unspecified atom stereocenters. The molecular formula is C17H20O3. The lowest BCUT2D eigenvalue weighted by Gasteiger charge is -2.18. The highest BCUT2D eigenvalue weighted by atomic mass is 16.5. The summed E-state index contributed by atoms with van der Waals surface area (Å²) in [5, 5.41) is 0. The molecule has 0 fully saturated rings. The maximum absolute atomic E-state index is 12.0. The van der Waals surface area contributed by atoms with E-state index in [4.69, 9.17) is 9.47 Å². The quantitative estimate of drug-likeness (QED) is 0.768. The van der Waals surface area contributed by atoms with Crippen LogP contribution in [0.2, 0.25) is 0 Å². The molecule has 1 aliphatic rings. The Labute approximate surface area is 119 Å². The van der Waals surface area contributed by atoms with Gasteiger partial charge in [-0.25, -0.2) is 0 Å². The Morgan fingerprint density at radius 2 is 2.00 bits per heavy atom. The van der Waals surface area contributed by atoms with E-state index in [0.29, 0.717) is 6.42 Å². The van der Waals surface area contributed by atoms with Crippen LogP contribution >= 0.6 is 0 Å². The van der Waals surface area contributed by atoms with Crippen LogP contribution in [0.5, 0.6) is 0 Å². The predicted molar refractivity (Wildman–Crippen MR) is 78.2 cm³/mol. The lowest BCUT2D eigenvalue weighted by molar-refractivity contribution is -0.142. The first kappa shape index (κ1) is 14.4. The minimum Gasteiger partial charge on any atom is -0.501 e. The largest absolute Gasteiger partial charge is 0.501 e. The van der Waals surface area contributed by atoms with Crippen LogP contribution in [-0.2, 0) is 14.3 Å². The molecule has 3 heteroatoms. The first-order chi connectivity index (χ1) is 9.74. The summed E-state index contributed by atoms with van der Waals surface area (Å²) < 4.78 is 10.2. The van der Waals surface area contributed by atoms with E-state index in [1.807, 2.05) is 36.4 Å². The molecule has 0 spiro atoms. The van der Waals surface area contributed by atoms with E-state index in [-0.39, 0.29) is 11.9 Å². The fourth-order valence-corrected chi connectivity index (χ4v) is 2.44. The van der Waals surface area contributed by atoms with E-state index in [1.54, 1.807) is 7.11 Å². The number of hydrogen-bond acceptors (Lipinski definition) is 3. The monoisotopic (exact) mass is 272 g/mol. The summed E-state index contributed by atoms with van der Waals surface area (Å²) in [5.74, 6) is 0.508. The normalized spacial score (nSPS) is 15.9. The number of benzene rings is 1. The molecule has 0 saturated carbocycles. The highest BCUT2D eigenvalue weighted by Gasteiger charge is 2.23. The van der Waals surface area contributed by atoms with Crippen molar-refractivity contribution in [1.29, 1.82) is 0 Å². The molecule has 20 heavy (non-hydrogen) atoms. The van der Waals surface area contributed by atoms with Gasteiger partial charge in [0.25, 0.3) is 0 Å².